The third-order valence-corrected chi connectivity index (χ3v) is 6.44. The number of benzene rings is 1. The quantitative estimate of drug-likeness (QED) is 0.477. The van der Waals surface area contributed by atoms with Crippen LogP contribution < -0.4 is 0 Å². The molecule has 0 aliphatic rings. The van der Waals surface area contributed by atoms with Crippen molar-refractivity contribution in [1.29, 1.82) is 0 Å². The third-order valence-electron chi connectivity index (χ3n) is 2.63. The van der Waals surface area contributed by atoms with Gasteiger partial charge in [-0.2, -0.15) is 0 Å². The molecule has 0 radical (unpaired) electrons. The van der Waals surface area contributed by atoms with Gasteiger partial charge >= 0.3 is 0 Å². The van der Waals surface area contributed by atoms with Gasteiger partial charge in [0, 0.05) is 18.9 Å². The minimum absolute atomic E-state index is 0.181. The Morgan fingerprint density at radius 1 is 1.22 bits per heavy atom. The van der Waals surface area contributed by atoms with Crippen molar-refractivity contribution >= 4 is 60.3 Å². The van der Waals surface area contributed by atoms with Crippen LogP contribution in [0.4, 0.5) is 4.39 Å². The van der Waals surface area contributed by atoms with Crippen LogP contribution in [0.15, 0.2) is 40.2 Å². The van der Waals surface area contributed by atoms with E-state index in [2.05, 4.69) is 15.9 Å². The predicted octanol–water partition coefficient (Wildman–Crippen LogP) is 6.19. The Morgan fingerprint density at radius 3 is 2.78 bits per heavy atom. The van der Waals surface area contributed by atoms with Gasteiger partial charge in [0.15, 0.2) is 0 Å². The van der Waals surface area contributed by atoms with E-state index in [-0.39, 0.29) is 11.2 Å². The van der Waals surface area contributed by atoms with Crippen LogP contribution in [0.1, 0.15) is 15.1 Å². The Morgan fingerprint density at radius 2 is 2.06 bits per heavy atom. The highest BCUT2D eigenvalue weighted by Crippen LogP contribution is 2.41. The molecule has 2 heterocycles. The first-order chi connectivity index (χ1) is 8.65. The molecule has 0 nitrogen and oxygen atoms in total. The molecule has 5 heteroatoms. The number of rotatable bonds is 2. The van der Waals surface area contributed by atoms with Gasteiger partial charge in [-0.05, 0) is 51.0 Å². The van der Waals surface area contributed by atoms with Gasteiger partial charge in [0.2, 0.25) is 0 Å². The smallest absolute Gasteiger partial charge is 0.124 e. The van der Waals surface area contributed by atoms with Crippen molar-refractivity contribution < 1.29 is 4.39 Å². The van der Waals surface area contributed by atoms with Crippen molar-refractivity contribution in [2.45, 2.75) is 5.38 Å². The molecule has 1 atom stereocenters. The van der Waals surface area contributed by atoms with Crippen LogP contribution in [0.5, 0.6) is 0 Å². The van der Waals surface area contributed by atoms with Gasteiger partial charge < -0.3 is 0 Å². The summed E-state index contributed by atoms with van der Waals surface area (Å²) in [6.45, 7) is 0. The highest BCUT2D eigenvalue weighted by atomic mass is 79.9. The number of hydrogen-bond donors (Lipinski definition) is 0. The van der Waals surface area contributed by atoms with E-state index < -0.39 is 0 Å². The predicted molar refractivity (Wildman–Crippen MR) is 81.5 cm³/mol. The van der Waals surface area contributed by atoms with Gasteiger partial charge in [-0.25, -0.2) is 4.39 Å². The molecule has 1 aromatic carbocycles. The van der Waals surface area contributed by atoms with E-state index in [1.807, 2.05) is 17.5 Å². The standard InChI is InChI=1S/C13H7BrClFS2/c14-9-3-4-17-13(9)12(15)11-5-7-1-2-8(16)6-10(7)18-11/h1-6,12H. The molecule has 0 N–H and O–H groups in total. The van der Waals surface area contributed by atoms with Crippen LogP contribution in [0, 0.1) is 5.82 Å². The molecule has 0 saturated heterocycles. The summed E-state index contributed by atoms with van der Waals surface area (Å²) < 4.78 is 15.1. The maximum absolute atomic E-state index is 13.2. The average Bonchev–Trinajstić information content (AvgIpc) is 2.93. The highest BCUT2D eigenvalue weighted by molar-refractivity contribution is 9.10. The van der Waals surface area contributed by atoms with Crippen LogP contribution in [0.3, 0.4) is 0 Å². The van der Waals surface area contributed by atoms with Crippen molar-refractivity contribution in [3.05, 3.63) is 55.8 Å². The van der Waals surface area contributed by atoms with E-state index in [1.54, 1.807) is 34.8 Å². The molecule has 0 aliphatic heterocycles. The zero-order chi connectivity index (χ0) is 12.7. The molecule has 0 fully saturated rings. The summed E-state index contributed by atoms with van der Waals surface area (Å²) in [5.74, 6) is -0.209. The lowest BCUT2D eigenvalue weighted by atomic mass is 10.2. The number of hydrogen-bond acceptors (Lipinski definition) is 2. The van der Waals surface area contributed by atoms with E-state index in [9.17, 15) is 4.39 Å². The molecule has 3 aromatic rings. The zero-order valence-corrected chi connectivity index (χ0v) is 13.0. The van der Waals surface area contributed by atoms with Gasteiger partial charge in [-0.15, -0.1) is 34.3 Å². The van der Waals surface area contributed by atoms with Crippen molar-refractivity contribution in [3.8, 4) is 0 Å². The first-order valence-electron chi connectivity index (χ1n) is 5.21. The number of thiophene rings is 2. The minimum Gasteiger partial charge on any atom is -0.207 e. The first kappa shape index (κ1) is 12.6. The number of fused-ring (bicyclic) bond motifs is 1. The van der Waals surface area contributed by atoms with Gasteiger partial charge in [-0.3, -0.25) is 0 Å². The van der Waals surface area contributed by atoms with Gasteiger partial charge in [0.05, 0.1) is 0 Å². The Labute approximate surface area is 125 Å². The Kier molecular flexibility index (Phi) is 3.45. The van der Waals surface area contributed by atoms with Crippen LogP contribution >= 0.6 is 50.2 Å². The molecular formula is C13H7BrClFS2. The van der Waals surface area contributed by atoms with Crippen LogP contribution in [0.25, 0.3) is 10.1 Å². The number of alkyl halides is 1. The summed E-state index contributed by atoms with van der Waals surface area (Å²) in [6.07, 6.45) is 0. The summed E-state index contributed by atoms with van der Waals surface area (Å²) in [5.41, 5.74) is 0. The molecule has 18 heavy (non-hydrogen) atoms. The average molecular weight is 362 g/mol. The van der Waals surface area contributed by atoms with E-state index in [0.29, 0.717) is 0 Å². The zero-order valence-electron chi connectivity index (χ0n) is 8.99. The Balaban J connectivity index is 2.07. The van der Waals surface area contributed by atoms with Crippen molar-refractivity contribution in [1.82, 2.24) is 0 Å². The van der Waals surface area contributed by atoms with Gasteiger partial charge in [-0.1, -0.05) is 6.07 Å². The Bertz CT molecular complexity index is 704. The molecular weight excluding hydrogens is 355 g/mol. The lowest BCUT2D eigenvalue weighted by Crippen LogP contribution is -1.85. The normalized spacial score (nSPS) is 13.1. The summed E-state index contributed by atoms with van der Waals surface area (Å²) in [7, 11) is 0. The van der Waals surface area contributed by atoms with Crippen molar-refractivity contribution in [2.24, 2.45) is 0 Å². The largest absolute Gasteiger partial charge is 0.207 e. The second kappa shape index (κ2) is 4.93. The fourth-order valence-corrected chi connectivity index (χ4v) is 5.11. The summed E-state index contributed by atoms with van der Waals surface area (Å²) in [6, 6.07) is 8.84. The molecule has 0 spiro atoms. The van der Waals surface area contributed by atoms with E-state index in [4.69, 9.17) is 11.6 Å². The maximum Gasteiger partial charge on any atom is 0.124 e. The summed E-state index contributed by atoms with van der Waals surface area (Å²) in [4.78, 5) is 2.13. The highest BCUT2D eigenvalue weighted by Gasteiger charge is 2.18. The molecule has 0 aliphatic carbocycles. The van der Waals surface area contributed by atoms with E-state index in [0.717, 1.165) is 24.3 Å². The molecule has 0 saturated carbocycles. The molecule has 2 aromatic heterocycles. The van der Waals surface area contributed by atoms with Crippen LogP contribution in [-0.2, 0) is 0 Å². The van der Waals surface area contributed by atoms with Crippen LogP contribution in [0.2, 0.25) is 0 Å². The molecule has 1 unspecified atom stereocenters. The minimum atomic E-state index is -0.209. The summed E-state index contributed by atoms with van der Waals surface area (Å²) in [5, 5.41) is 2.86. The van der Waals surface area contributed by atoms with Crippen molar-refractivity contribution in [3.63, 3.8) is 0 Å². The monoisotopic (exact) mass is 360 g/mol. The topological polar surface area (TPSA) is 0 Å². The van der Waals surface area contributed by atoms with E-state index in [1.165, 1.54) is 6.07 Å². The molecule has 0 amide bonds. The molecule has 92 valence electrons. The SMILES string of the molecule is Fc1ccc2cc(C(Cl)c3sccc3Br)sc2c1. The first-order valence-corrected chi connectivity index (χ1v) is 8.13. The fraction of sp³-hybridized carbons (Fsp3) is 0.0769. The van der Waals surface area contributed by atoms with E-state index >= 15 is 0 Å². The Hall–Kier alpha value is -0.420. The second-order valence-corrected chi connectivity index (χ2v) is 7.18. The molecule has 3 rings (SSSR count). The fourth-order valence-electron chi connectivity index (χ4n) is 1.77. The lowest BCUT2D eigenvalue weighted by Gasteiger charge is -2.04. The second-order valence-electron chi connectivity index (χ2n) is 3.83. The van der Waals surface area contributed by atoms with Crippen LogP contribution in [-0.4, -0.2) is 0 Å². The molecule has 0 bridgehead atoms. The summed E-state index contributed by atoms with van der Waals surface area (Å²) >= 11 is 13.1. The van der Waals surface area contributed by atoms with Gasteiger partial charge in [0.1, 0.15) is 11.2 Å². The van der Waals surface area contributed by atoms with Gasteiger partial charge in [0.25, 0.3) is 0 Å². The maximum atomic E-state index is 13.2. The lowest BCUT2D eigenvalue weighted by molar-refractivity contribution is 0.630. The van der Waals surface area contributed by atoms with Crippen molar-refractivity contribution in [2.75, 3.05) is 0 Å². The third kappa shape index (κ3) is 2.23. The number of halogens is 3.